The molecule has 3 aromatic carbocycles. The number of hydrogen-bond donors (Lipinski definition) is 1. The largest absolute Gasteiger partial charge is 0.492 e. The molecule has 1 aliphatic carbocycles. The smallest absolute Gasteiger partial charge is 0.199 e. The summed E-state index contributed by atoms with van der Waals surface area (Å²) in [6.45, 7) is 2.27. The Hall–Kier alpha value is -3.08. The molecule has 35 heavy (non-hydrogen) atoms. The first-order valence-corrected chi connectivity index (χ1v) is 12.9. The first-order chi connectivity index (χ1) is 17.3. The molecule has 0 bridgehead atoms. The monoisotopic (exact) mass is 469 g/mol. The van der Waals surface area contributed by atoms with E-state index in [0.717, 1.165) is 63.2 Å². The minimum absolute atomic E-state index is 0.127. The molecule has 0 spiro atoms. The molecule has 0 saturated carbocycles. The minimum Gasteiger partial charge on any atom is -0.492 e. The van der Waals surface area contributed by atoms with E-state index in [2.05, 4.69) is 78.1 Å². The first kappa shape index (κ1) is 23.7. The van der Waals surface area contributed by atoms with Gasteiger partial charge in [0, 0.05) is 13.0 Å². The highest BCUT2D eigenvalue weighted by Gasteiger charge is 2.22. The summed E-state index contributed by atoms with van der Waals surface area (Å²) in [5.41, 5.74) is 7.86. The Bertz CT molecular complexity index is 1130. The third kappa shape index (κ3) is 5.77. The summed E-state index contributed by atoms with van der Waals surface area (Å²) < 4.78 is 17.9. The third-order valence-electron chi connectivity index (χ3n) is 6.81. The Balaban J connectivity index is 1.52. The minimum atomic E-state index is -0.127. The Kier molecular flexibility index (Phi) is 7.82. The lowest BCUT2D eigenvalue weighted by Crippen LogP contribution is -2.25. The van der Waals surface area contributed by atoms with Gasteiger partial charge in [-0.25, -0.2) is 0 Å². The third-order valence-corrected chi connectivity index (χ3v) is 6.81. The molecule has 182 valence electrons. The van der Waals surface area contributed by atoms with E-state index >= 15 is 0 Å². The van der Waals surface area contributed by atoms with Crippen LogP contribution in [0.1, 0.15) is 54.4 Å². The van der Waals surface area contributed by atoms with Crippen LogP contribution in [0, 0.1) is 0 Å². The van der Waals surface area contributed by atoms with Gasteiger partial charge in [-0.3, -0.25) is 0 Å². The molecule has 2 aliphatic rings. The zero-order valence-electron chi connectivity index (χ0n) is 20.6. The summed E-state index contributed by atoms with van der Waals surface area (Å²) in [5.74, 6) is 1.81. The fourth-order valence-electron chi connectivity index (χ4n) is 5.04. The van der Waals surface area contributed by atoms with Crippen LogP contribution in [-0.4, -0.2) is 33.1 Å². The van der Waals surface area contributed by atoms with Crippen molar-refractivity contribution in [3.63, 3.8) is 0 Å². The maximum atomic E-state index is 6.22. The molecule has 1 saturated heterocycles. The number of aryl methyl sites for hydroxylation is 1. The molecule has 1 N–H and O–H groups in total. The lowest BCUT2D eigenvalue weighted by Gasteiger charge is -2.24. The van der Waals surface area contributed by atoms with Gasteiger partial charge in [-0.05, 0) is 96.8 Å². The van der Waals surface area contributed by atoms with Gasteiger partial charge in [-0.2, -0.15) is 0 Å². The summed E-state index contributed by atoms with van der Waals surface area (Å²) in [6, 6.07) is 26.0. The standard InChI is InChI=1S/C31H35NO3/c1-32-19-21-33-26-15-13-24(14-16-26)31-28(23-8-3-2-4-9-23)11-7-10-25-22-27(17-18-29(25)31)35-30-12-5-6-20-34-30/h2-4,8-9,13-18,22,30,32H,5-7,10-12,19-21H2,1H3. The molecule has 0 radical (unpaired) electrons. The van der Waals surface area contributed by atoms with Crippen LogP contribution in [0.15, 0.2) is 72.8 Å². The highest BCUT2D eigenvalue weighted by Crippen LogP contribution is 2.41. The van der Waals surface area contributed by atoms with Gasteiger partial charge in [-0.15, -0.1) is 0 Å². The van der Waals surface area contributed by atoms with Crippen molar-refractivity contribution >= 4 is 11.1 Å². The van der Waals surface area contributed by atoms with Gasteiger partial charge in [0.1, 0.15) is 18.1 Å². The van der Waals surface area contributed by atoms with E-state index in [-0.39, 0.29) is 6.29 Å². The van der Waals surface area contributed by atoms with Gasteiger partial charge < -0.3 is 19.5 Å². The lowest BCUT2D eigenvalue weighted by atomic mass is 9.88. The molecule has 1 fully saturated rings. The summed E-state index contributed by atoms with van der Waals surface area (Å²) in [6.07, 6.45) is 6.30. The van der Waals surface area contributed by atoms with Gasteiger partial charge in [0.25, 0.3) is 0 Å². The van der Waals surface area contributed by atoms with Crippen molar-refractivity contribution in [1.29, 1.82) is 0 Å². The molecule has 4 nitrogen and oxygen atoms in total. The van der Waals surface area contributed by atoms with E-state index < -0.39 is 0 Å². The summed E-state index contributed by atoms with van der Waals surface area (Å²) >= 11 is 0. The van der Waals surface area contributed by atoms with Gasteiger partial charge in [0.15, 0.2) is 6.29 Å². The Morgan fingerprint density at radius 3 is 2.46 bits per heavy atom. The predicted octanol–water partition coefficient (Wildman–Crippen LogP) is 6.49. The second-order valence-electron chi connectivity index (χ2n) is 9.28. The SMILES string of the molecule is CNCCOc1ccc(C2=C(c3ccccc3)CCCc3cc(OC4CCCCO4)ccc32)cc1. The molecule has 5 rings (SSSR count). The van der Waals surface area contributed by atoms with Gasteiger partial charge in [-0.1, -0.05) is 48.5 Å². The normalized spacial score (nSPS) is 18.0. The van der Waals surface area contributed by atoms with Crippen LogP contribution in [0.5, 0.6) is 11.5 Å². The van der Waals surface area contributed by atoms with Crippen LogP contribution in [0.3, 0.4) is 0 Å². The van der Waals surface area contributed by atoms with Crippen molar-refractivity contribution in [3.8, 4) is 11.5 Å². The molecule has 0 aromatic heterocycles. The first-order valence-electron chi connectivity index (χ1n) is 12.9. The van der Waals surface area contributed by atoms with Crippen molar-refractivity contribution < 1.29 is 14.2 Å². The average molecular weight is 470 g/mol. The maximum absolute atomic E-state index is 6.22. The Morgan fingerprint density at radius 1 is 0.857 bits per heavy atom. The molecule has 1 atom stereocenters. The van der Waals surface area contributed by atoms with Crippen LogP contribution in [-0.2, 0) is 11.2 Å². The van der Waals surface area contributed by atoms with Crippen LogP contribution >= 0.6 is 0 Å². The fraction of sp³-hybridized carbons (Fsp3) is 0.355. The lowest BCUT2D eigenvalue weighted by molar-refractivity contribution is -0.105. The second kappa shape index (κ2) is 11.6. The van der Waals surface area contributed by atoms with Gasteiger partial charge in [0.05, 0.1) is 6.61 Å². The quantitative estimate of drug-likeness (QED) is 0.383. The summed E-state index contributed by atoms with van der Waals surface area (Å²) in [5, 5.41) is 3.12. The molecular weight excluding hydrogens is 434 g/mol. The Morgan fingerprint density at radius 2 is 1.69 bits per heavy atom. The zero-order valence-corrected chi connectivity index (χ0v) is 20.6. The Labute approximate surface area is 208 Å². The molecule has 0 amide bonds. The zero-order chi connectivity index (χ0) is 23.9. The van der Waals surface area contributed by atoms with E-state index in [4.69, 9.17) is 14.2 Å². The van der Waals surface area contributed by atoms with Gasteiger partial charge in [0.2, 0.25) is 0 Å². The topological polar surface area (TPSA) is 39.7 Å². The number of ether oxygens (including phenoxy) is 3. The number of rotatable bonds is 8. The summed E-state index contributed by atoms with van der Waals surface area (Å²) in [7, 11) is 1.94. The highest BCUT2D eigenvalue weighted by atomic mass is 16.7. The number of likely N-dealkylation sites (N-methyl/N-ethyl adjacent to an activating group) is 1. The maximum Gasteiger partial charge on any atom is 0.199 e. The molecule has 1 heterocycles. The molecule has 1 unspecified atom stereocenters. The van der Waals surface area contributed by atoms with E-state index in [1.807, 2.05) is 7.05 Å². The fourth-order valence-corrected chi connectivity index (χ4v) is 5.04. The van der Waals surface area contributed by atoms with Gasteiger partial charge >= 0.3 is 0 Å². The summed E-state index contributed by atoms with van der Waals surface area (Å²) in [4.78, 5) is 0. The van der Waals surface area contributed by atoms with Crippen LogP contribution < -0.4 is 14.8 Å². The van der Waals surface area contributed by atoms with E-state index in [9.17, 15) is 0 Å². The number of fused-ring (bicyclic) bond motifs is 1. The predicted molar refractivity (Wildman–Crippen MR) is 142 cm³/mol. The van der Waals surface area contributed by atoms with E-state index in [0.29, 0.717) is 6.61 Å². The van der Waals surface area contributed by atoms with Crippen LogP contribution in [0.2, 0.25) is 0 Å². The van der Waals surface area contributed by atoms with Crippen molar-refractivity contribution in [2.45, 2.75) is 44.8 Å². The average Bonchev–Trinajstić information content (AvgIpc) is 3.10. The number of hydrogen-bond acceptors (Lipinski definition) is 4. The number of allylic oxidation sites excluding steroid dienone is 1. The molecule has 3 aromatic rings. The van der Waals surface area contributed by atoms with Crippen molar-refractivity contribution in [3.05, 3.63) is 95.1 Å². The highest BCUT2D eigenvalue weighted by molar-refractivity contribution is 6.00. The van der Waals surface area contributed by atoms with Crippen molar-refractivity contribution in [2.24, 2.45) is 0 Å². The molecule has 4 heteroatoms. The van der Waals surface area contributed by atoms with Crippen LogP contribution in [0.4, 0.5) is 0 Å². The molecular formula is C31H35NO3. The van der Waals surface area contributed by atoms with Crippen molar-refractivity contribution in [2.75, 3.05) is 26.8 Å². The second-order valence-corrected chi connectivity index (χ2v) is 9.28. The van der Waals surface area contributed by atoms with E-state index in [1.54, 1.807) is 0 Å². The van der Waals surface area contributed by atoms with Crippen molar-refractivity contribution in [1.82, 2.24) is 5.32 Å². The van der Waals surface area contributed by atoms with E-state index in [1.165, 1.54) is 33.4 Å². The number of nitrogens with one attached hydrogen (secondary N) is 1. The van der Waals surface area contributed by atoms with Crippen LogP contribution in [0.25, 0.3) is 11.1 Å². The molecule has 1 aliphatic heterocycles. The number of benzene rings is 3.